The van der Waals surface area contributed by atoms with Crippen molar-refractivity contribution in [3.63, 3.8) is 0 Å². The Kier molecular flexibility index (Phi) is 16.7. The predicted octanol–water partition coefficient (Wildman–Crippen LogP) is -0.497. The van der Waals surface area contributed by atoms with Crippen LogP contribution in [-0.4, -0.2) is 172 Å². The Labute approximate surface area is 275 Å². The topological polar surface area (TPSA) is 183 Å². The summed E-state index contributed by atoms with van der Waals surface area (Å²) in [6, 6.07) is 11.7. The first-order valence-corrected chi connectivity index (χ1v) is 16.0. The first kappa shape index (κ1) is 37.4. The molecule has 1 aliphatic heterocycles. The Hall–Kier alpha value is -4.02. The molecule has 3 heterocycles. The van der Waals surface area contributed by atoms with Crippen LogP contribution in [0.3, 0.4) is 0 Å². The average molecular weight is 657 g/mol. The minimum absolute atomic E-state index is 0.104. The van der Waals surface area contributed by atoms with E-state index >= 15 is 0 Å². The maximum atomic E-state index is 12.9. The molecule has 15 heteroatoms. The second kappa shape index (κ2) is 21.0. The van der Waals surface area contributed by atoms with Crippen LogP contribution in [0.25, 0.3) is 0 Å². The van der Waals surface area contributed by atoms with E-state index in [1.807, 2.05) is 36.4 Å². The molecule has 0 aromatic carbocycles. The van der Waals surface area contributed by atoms with Crippen LogP contribution in [0.2, 0.25) is 0 Å². The van der Waals surface area contributed by atoms with Crippen LogP contribution in [0.15, 0.2) is 48.8 Å². The van der Waals surface area contributed by atoms with Gasteiger partial charge in [0.05, 0.1) is 25.3 Å². The van der Waals surface area contributed by atoms with Crippen LogP contribution in [0, 0.1) is 0 Å². The average Bonchev–Trinajstić information content (AvgIpc) is 3.03. The van der Waals surface area contributed by atoms with E-state index in [9.17, 15) is 34.5 Å². The number of nitrogens with one attached hydrogen (secondary N) is 1. The van der Waals surface area contributed by atoms with Gasteiger partial charge in [-0.2, -0.15) is 0 Å². The molecule has 15 nitrogen and oxygen atoms in total. The van der Waals surface area contributed by atoms with Crippen molar-refractivity contribution >= 4 is 23.8 Å². The van der Waals surface area contributed by atoms with E-state index in [0.717, 1.165) is 24.4 Å². The summed E-state index contributed by atoms with van der Waals surface area (Å²) in [7, 11) is 0. The Morgan fingerprint density at radius 2 is 1.13 bits per heavy atom. The molecule has 2 aromatic heterocycles. The Morgan fingerprint density at radius 1 is 0.660 bits per heavy atom. The molecule has 0 bridgehead atoms. The van der Waals surface area contributed by atoms with Gasteiger partial charge in [0, 0.05) is 116 Å². The first-order chi connectivity index (χ1) is 22.7. The smallest absolute Gasteiger partial charge is 0.317 e. The lowest BCUT2D eigenvalue weighted by molar-refractivity contribution is -0.140. The Bertz CT molecular complexity index is 1210. The summed E-state index contributed by atoms with van der Waals surface area (Å²) >= 11 is 0. The summed E-state index contributed by atoms with van der Waals surface area (Å²) in [5, 5.41) is 31.2. The summed E-state index contributed by atoms with van der Waals surface area (Å²) in [6.07, 6.45) is 4.55. The molecular weight excluding hydrogens is 608 g/mol. The third-order valence-electron chi connectivity index (χ3n) is 7.93. The van der Waals surface area contributed by atoms with Crippen molar-refractivity contribution in [1.29, 1.82) is 0 Å². The van der Waals surface area contributed by atoms with Gasteiger partial charge in [0.15, 0.2) is 0 Å². The van der Waals surface area contributed by atoms with Gasteiger partial charge in [-0.1, -0.05) is 12.1 Å². The van der Waals surface area contributed by atoms with Crippen molar-refractivity contribution in [3.05, 3.63) is 60.2 Å². The number of carbonyl (C=O) groups is 4. The van der Waals surface area contributed by atoms with Crippen LogP contribution in [0.1, 0.15) is 17.8 Å². The minimum atomic E-state index is -0.999. The summed E-state index contributed by atoms with van der Waals surface area (Å²) in [5.41, 5.74) is 1.94. The fourth-order valence-corrected chi connectivity index (χ4v) is 5.36. The second-order valence-corrected chi connectivity index (χ2v) is 11.6. The van der Waals surface area contributed by atoms with Gasteiger partial charge in [0.2, 0.25) is 5.91 Å². The van der Waals surface area contributed by atoms with Crippen molar-refractivity contribution in [2.75, 3.05) is 98.2 Å². The highest BCUT2D eigenvalue weighted by atomic mass is 16.4. The standard InChI is InChI=1S/C32H48N8O7/c41-29(35-11-14-37(23-28-6-2-4-10-34-28)12-7-27-5-1-3-9-33-27)8-13-36-15-17-38(24-30(42)43)19-21-40(26-32(46)47)22-20-39(18-16-36)25-31(44)45/h1-6,9-10H,7-8,11-26H2,(H,35,41)(H,42,43)(H,44,45)(H,46,47). The van der Waals surface area contributed by atoms with Gasteiger partial charge in [-0.25, -0.2) is 0 Å². The number of amides is 1. The number of carboxylic acids is 3. The van der Waals surface area contributed by atoms with Crippen molar-refractivity contribution in [3.8, 4) is 0 Å². The van der Waals surface area contributed by atoms with Crippen molar-refractivity contribution in [2.24, 2.45) is 0 Å². The lowest BCUT2D eigenvalue weighted by Crippen LogP contribution is -2.48. The van der Waals surface area contributed by atoms with Gasteiger partial charge in [0.1, 0.15) is 0 Å². The zero-order valence-corrected chi connectivity index (χ0v) is 27.0. The lowest BCUT2D eigenvalue weighted by atomic mass is 10.2. The molecule has 3 rings (SSSR count). The van der Waals surface area contributed by atoms with Crippen molar-refractivity contribution in [1.82, 2.24) is 39.8 Å². The molecule has 1 fully saturated rings. The van der Waals surface area contributed by atoms with E-state index < -0.39 is 17.9 Å². The zero-order valence-electron chi connectivity index (χ0n) is 27.0. The van der Waals surface area contributed by atoms with E-state index in [4.69, 9.17) is 0 Å². The third kappa shape index (κ3) is 16.4. The van der Waals surface area contributed by atoms with Crippen LogP contribution in [0.4, 0.5) is 0 Å². The molecular formula is C32H48N8O7. The molecule has 0 atom stereocenters. The highest BCUT2D eigenvalue weighted by Gasteiger charge is 2.20. The largest absolute Gasteiger partial charge is 0.480 e. The Morgan fingerprint density at radius 3 is 1.57 bits per heavy atom. The highest BCUT2D eigenvalue weighted by molar-refractivity contribution is 5.76. The Balaban J connectivity index is 1.55. The fraction of sp³-hybridized carbons (Fsp3) is 0.562. The fourth-order valence-electron chi connectivity index (χ4n) is 5.36. The number of hydrogen-bond acceptors (Lipinski definition) is 11. The molecule has 0 radical (unpaired) electrons. The molecule has 0 saturated carbocycles. The summed E-state index contributed by atoms with van der Waals surface area (Å²) in [6.45, 7) is 5.47. The molecule has 1 saturated heterocycles. The van der Waals surface area contributed by atoms with Gasteiger partial charge >= 0.3 is 17.9 Å². The van der Waals surface area contributed by atoms with Crippen LogP contribution in [0.5, 0.6) is 0 Å². The van der Waals surface area contributed by atoms with Crippen LogP contribution in [-0.2, 0) is 32.1 Å². The number of carboxylic acid groups (broad SMARTS) is 3. The number of aromatic nitrogens is 2. The maximum Gasteiger partial charge on any atom is 0.317 e. The SMILES string of the molecule is O=C(O)CN1CCN(CCC(=O)NCCN(CCc2ccccn2)Cc2ccccn2)CCN(CC(=O)O)CCN(CC(=O)O)CC1. The summed E-state index contributed by atoms with van der Waals surface area (Å²) in [5.74, 6) is -3.05. The van der Waals surface area contributed by atoms with Gasteiger partial charge in [-0.3, -0.25) is 48.7 Å². The van der Waals surface area contributed by atoms with Gasteiger partial charge in [-0.15, -0.1) is 0 Å². The number of nitrogens with zero attached hydrogens (tertiary/aromatic N) is 7. The van der Waals surface area contributed by atoms with E-state index in [1.165, 1.54) is 0 Å². The first-order valence-electron chi connectivity index (χ1n) is 16.0. The van der Waals surface area contributed by atoms with E-state index in [1.54, 1.807) is 27.1 Å². The highest BCUT2D eigenvalue weighted by Crippen LogP contribution is 2.05. The molecule has 47 heavy (non-hydrogen) atoms. The number of rotatable bonds is 17. The molecule has 4 N–H and O–H groups in total. The normalized spacial score (nSPS) is 16.3. The molecule has 0 unspecified atom stereocenters. The van der Waals surface area contributed by atoms with E-state index in [-0.39, 0.29) is 32.0 Å². The van der Waals surface area contributed by atoms with Crippen LogP contribution >= 0.6 is 0 Å². The second-order valence-electron chi connectivity index (χ2n) is 11.6. The predicted molar refractivity (Wildman–Crippen MR) is 174 cm³/mol. The molecule has 2 aromatic rings. The number of aliphatic carboxylic acids is 3. The molecule has 0 spiro atoms. The number of carbonyl (C=O) groups excluding carboxylic acids is 1. The third-order valence-corrected chi connectivity index (χ3v) is 7.93. The van der Waals surface area contributed by atoms with Crippen molar-refractivity contribution in [2.45, 2.75) is 19.4 Å². The van der Waals surface area contributed by atoms with Crippen molar-refractivity contribution < 1.29 is 34.5 Å². The van der Waals surface area contributed by atoms with Gasteiger partial charge in [-0.05, 0) is 24.3 Å². The van der Waals surface area contributed by atoms with Crippen LogP contribution < -0.4 is 5.32 Å². The lowest BCUT2D eigenvalue weighted by Gasteiger charge is -2.33. The zero-order chi connectivity index (χ0) is 33.9. The summed E-state index contributed by atoms with van der Waals surface area (Å²) < 4.78 is 0. The van der Waals surface area contributed by atoms with E-state index in [0.29, 0.717) is 78.5 Å². The molecule has 258 valence electrons. The number of pyridine rings is 2. The summed E-state index contributed by atoms with van der Waals surface area (Å²) in [4.78, 5) is 65.7. The van der Waals surface area contributed by atoms with E-state index in [2.05, 4.69) is 25.1 Å². The molecule has 1 amide bonds. The molecule has 0 aliphatic carbocycles. The monoisotopic (exact) mass is 656 g/mol. The number of hydrogen-bond donors (Lipinski definition) is 4. The van der Waals surface area contributed by atoms with Gasteiger partial charge < -0.3 is 25.5 Å². The minimum Gasteiger partial charge on any atom is -0.480 e. The molecule has 1 aliphatic rings. The van der Waals surface area contributed by atoms with Gasteiger partial charge in [0.25, 0.3) is 0 Å². The maximum absolute atomic E-state index is 12.9. The quantitative estimate of drug-likeness (QED) is 0.171.